The number of cyclic esters (lactones) is 1. The van der Waals surface area contributed by atoms with Gasteiger partial charge in [0.25, 0.3) is 0 Å². The highest BCUT2D eigenvalue weighted by Crippen LogP contribution is 2.46. The van der Waals surface area contributed by atoms with Gasteiger partial charge >= 0.3 is 5.97 Å². The normalized spacial score (nSPS) is 23.3. The molecule has 4 heteroatoms. The Morgan fingerprint density at radius 2 is 1.67 bits per heavy atom. The topological polar surface area (TPSA) is 46.5 Å². The molecule has 1 aliphatic carbocycles. The highest BCUT2D eigenvalue weighted by atomic mass is 32.2. The number of aliphatic hydroxyl groups is 1. The molecule has 2 aliphatic rings. The van der Waals surface area contributed by atoms with Crippen molar-refractivity contribution in [1.82, 2.24) is 0 Å². The van der Waals surface area contributed by atoms with Crippen molar-refractivity contribution in [2.75, 3.05) is 0 Å². The molecular weight excluding hydrogens is 428 g/mol. The van der Waals surface area contributed by atoms with Gasteiger partial charge in [-0.25, -0.2) is 4.79 Å². The molecule has 0 radical (unpaired) electrons. The largest absolute Gasteiger partial charge is 0.512 e. The van der Waals surface area contributed by atoms with Gasteiger partial charge in [-0.05, 0) is 49.5 Å². The van der Waals surface area contributed by atoms with Gasteiger partial charge in [0.15, 0.2) is 0 Å². The van der Waals surface area contributed by atoms with Crippen LogP contribution in [0.15, 0.2) is 41.7 Å². The van der Waals surface area contributed by atoms with Crippen LogP contribution in [0.5, 0.6) is 0 Å². The van der Waals surface area contributed by atoms with E-state index in [4.69, 9.17) is 4.74 Å². The molecule has 1 aromatic carbocycles. The summed E-state index contributed by atoms with van der Waals surface area (Å²) in [6, 6.07) is 10.0. The summed E-state index contributed by atoms with van der Waals surface area (Å²) in [6.07, 6.45) is 11.5. The molecule has 1 saturated carbocycles. The van der Waals surface area contributed by atoms with Crippen LogP contribution >= 0.6 is 11.8 Å². The van der Waals surface area contributed by atoms with E-state index in [-0.39, 0.29) is 17.0 Å². The molecule has 2 unspecified atom stereocenters. The van der Waals surface area contributed by atoms with Crippen molar-refractivity contribution in [3.63, 3.8) is 0 Å². The third-order valence-corrected chi connectivity index (χ3v) is 8.83. The molecule has 3 rings (SSSR count). The molecule has 184 valence electrons. The van der Waals surface area contributed by atoms with E-state index in [2.05, 4.69) is 27.7 Å². The summed E-state index contributed by atoms with van der Waals surface area (Å²) in [5.74, 6) is 1.11. The van der Waals surface area contributed by atoms with Gasteiger partial charge in [-0.15, -0.1) is 11.8 Å². The van der Waals surface area contributed by atoms with E-state index in [1.54, 1.807) is 0 Å². The summed E-state index contributed by atoms with van der Waals surface area (Å²) >= 11 is 1.93. The number of thioether (sulfide) groups is 1. The fraction of sp³-hybridized carbons (Fsp3) is 0.690. The monoisotopic (exact) mass is 472 g/mol. The molecule has 1 heterocycles. The molecular formula is C29H44O3S. The highest BCUT2D eigenvalue weighted by molar-refractivity contribution is 8.00. The van der Waals surface area contributed by atoms with Gasteiger partial charge in [-0.1, -0.05) is 90.1 Å². The first-order chi connectivity index (χ1) is 15.8. The second-order valence-electron chi connectivity index (χ2n) is 10.9. The minimum absolute atomic E-state index is 0.0261. The summed E-state index contributed by atoms with van der Waals surface area (Å²) in [5, 5.41) is 12.0. The Labute approximate surface area is 205 Å². The molecule has 0 amide bonds. The van der Waals surface area contributed by atoms with Crippen LogP contribution in [0, 0.1) is 11.8 Å². The summed E-state index contributed by atoms with van der Waals surface area (Å²) < 4.78 is 6.32. The summed E-state index contributed by atoms with van der Waals surface area (Å²) in [5.41, 5.74) is 0.764. The Hall–Kier alpha value is -1.42. The Morgan fingerprint density at radius 1 is 1.00 bits per heavy atom. The average molecular weight is 473 g/mol. The van der Waals surface area contributed by atoms with Gasteiger partial charge in [0.05, 0.1) is 5.57 Å². The summed E-state index contributed by atoms with van der Waals surface area (Å²) in [7, 11) is 0. The van der Waals surface area contributed by atoms with Crippen LogP contribution in [0.25, 0.3) is 0 Å². The van der Waals surface area contributed by atoms with Gasteiger partial charge in [-0.2, -0.15) is 0 Å². The lowest BCUT2D eigenvalue weighted by molar-refractivity contribution is -0.162. The van der Waals surface area contributed by atoms with Gasteiger partial charge in [0, 0.05) is 16.9 Å². The van der Waals surface area contributed by atoms with Crippen molar-refractivity contribution in [1.29, 1.82) is 0 Å². The van der Waals surface area contributed by atoms with Crippen LogP contribution in [0.4, 0.5) is 0 Å². The number of aliphatic hydroxyl groups excluding tert-OH is 1. The first-order valence-electron chi connectivity index (χ1n) is 13.2. The van der Waals surface area contributed by atoms with Crippen molar-refractivity contribution in [2.45, 2.75) is 114 Å². The average Bonchev–Trinajstić information content (AvgIpc) is 2.78. The Kier molecular flexibility index (Phi) is 9.79. The van der Waals surface area contributed by atoms with Crippen molar-refractivity contribution in [3.8, 4) is 0 Å². The van der Waals surface area contributed by atoms with Crippen LogP contribution in [-0.4, -0.2) is 21.6 Å². The number of carbonyl (C=O) groups is 1. The smallest absolute Gasteiger partial charge is 0.339 e. The molecule has 0 bridgehead atoms. The molecule has 33 heavy (non-hydrogen) atoms. The fourth-order valence-corrected chi connectivity index (χ4v) is 6.94. The summed E-state index contributed by atoms with van der Waals surface area (Å²) in [4.78, 5) is 13.6. The van der Waals surface area contributed by atoms with Crippen molar-refractivity contribution in [3.05, 3.63) is 47.2 Å². The van der Waals surface area contributed by atoms with E-state index in [0.717, 1.165) is 37.7 Å². The first kappa shape index (κ1) is 26.2. The highest BCUT2D eigenvalue weighted by Gasteiger charge is 2.45. The molecule has 1 aliphatic heterocycles. The maximum Gasteiger partial charge on any atom is 0.339 e. The van der Waals surface area contributed by atoms with E-state index >= 15 is 0 Å². The summed E-state index contributed by atoms with van der Waals surface area (Å²) in [6.45, 7) is 8.88. The van der Waals surface area contributed by atoms with E-state index in [1.165, 1.54) is 32.1 Å². The van der Waals surface area contributed by atoms with Crippen LogP contribution < -0.4 is 0 Å². The first-order valence-corrected chi connectivity index (χ1v) is 14.1. The molecule has 0 aromatic heterocycles. The van der Waals surface area contributed by atoms with Crippen molar-refractivity contribution < 1.29 is 14.6 Å². The SMILES string of the molecule is CC(C)CCCC(SC1CCCCC1)C1=C(O)CC(CCC(C)C)(c2ccccc2)OC1=O. The molecule has 3 nitrogen and oxygen atoms in total. The Balaban J connectivity index is 1.88. The number of hydrogen-bond donors (Lipinski definition) is 1. The Morgan fingerprint density at radius 3 is 2.27 bits per heavy atom. The molecule has 1 fully saturated rings. The van der Waals surface area contributed by atoms with E-state index in [0.29, 0.717) is 29.1 Å². The second-order valence-corrected chi connectivity index (χ2v) is 12.4. The van der Waals surface area contributed by atoms with Crippen LogP contribution in [-0.2, 0) is 15.1 Å². The van der Waals surface area contributed by atoms with Crippen molar-refractivity contribution >= 4 is 17.7 Å². The van der Waals surface area contributed by atoms with E-state index < -0.39 is 5.60 Å². The van der Waals surface area contributed by atoms with Gasteiger partial charge < -0.3 is 9.84 Å². The molecule has 1 N–H and O–H groups in total. The third kappa shape index (κ3) is 7.28. The number of rotatable bonds is 11. The van der Waals surface area contributed by atoms with Gasteiger partial charge in [0.1, 0.15) is 11.4 Å². The van der Waals surface area contributed by atoms with Crippen LogP contribution in [0.2, 0.25) is 0 Å². The molecule has 0 spiro atoms. The lowest BCUT2D eigenvalue weighted by Gasteiger charge is -2.40. The maximum atomic E-state index is 13.6. The Bertz CT molecular complexity index is 779. The number of benzene rings is 1. The zero-order valence-electron chi connectivity index (χ0n) is 21.1. The molecule has 0 saturated heterocycles. The van der Waals surface area contributed by atoms with Crippen LogP contribution in [0.3, 0.4) is 0 Å². The molecule has 1 aromatic rings. The number of esters is 1. The van der Waals surface area contributed by atoms with Crippen LogP contribution in [0.1, 0.15) is 104 Å². The number of hydrogen-bond acceptors (Lipinski definition) is 4. The fourth-order valence-electron chi connectivity index (χ4n) is 5.20. The predicted octanol–water partition coefficient (Wildman–Crippen LogP) is 8.34. The van der Waals surface area contributed by atoms with Crippen molar-refractivity contribution in [2.24, 2.45) is 11.8 Å². The maximum absolute atomic E-state index is 13.6. The quantitative estimate of drug-likeness (QED) is 0.329. The predicted molar refractivity (Wildman–Crippen MR) is 139 cm³/mol. The minimum Gasteiger partial charge on any atom is -0.512 e. The standard InChI is InChI=1S/C29H44O3S/c1-21(2)12-11-17-26(33-24-15-9-6-10-16-24)27-25(30)20-29(32-28(27)31,19-18-22(3)4)23-13-7-5-8-14-23/h5,7-8,13-14,21-22,24,26,30H,6,9-12,15-20H2,1-4H3. The lowest BCUT2D eigenvalue weighted by Crippen LogP contribution is -2.40. The van der Waals surface area contributed by atoms with E-state index in [1.807, 2.05) is 42.1 Å². The van der Waals surface area contributed by atoms with Gasteiger partial charge in [-0.3, -0.25) is 0 Å². The number of carbonyl (C=O) groups excluding carboxylic acids is 1. The van der Waals surface area contributed by atoms with Gasteiger partial charge in [0.2, 0.25) is 0 Å². The lowest BCUT2D eigenvalue weighted by atomic mass is 9.80. The second kappa shape index (κ2) is 12.3. The minimum atomic E-state index is -0.770. The van der Waals surface area contributed by atoms with E-state index in [9.17, 15) is 9.90 Å². The third-order valence-electron chi connectivity index (χ3n) is 7.18. The number of ether oxygens (including phenoxy) is 1. The zero-order valence-corrected chi connectivity index (χ0v) is 22.0. The zero-order chi connectivity index (χ0) is 23.8. The molecule has 2 atom stereocenters.